The van der Waals surface area contributed by atoms with Gasteiger partial charge in [-0.15, -0.1) is 11.8 Å². The second-order valence-electron chi connectivity index (χ2n) is 4.10. The van der Waals surface area contributed by atoms with E-state index in [1.165, 1.54) is 25.7 Å². The molecule has 2 rings (SSSR count). The van der Waals surface area contributed by atoms with Gasteiger partial charge in [0.25, 0.3) is 0 Å². The molecule has 0 saturated heterocycles. The van der Waals surface area contributed by atoms with E-state index in [4.69, 9.17) is 0 Å². The van der Waals surface area contributed by atoms with Crippen molar-refractivity contribution in [1.82, 2.24) is 4.98 Å². The number of hydrogen-bond acceptors (Lipinski definition) is 3. The molecule has 1 heterocycles. The third kappa shape index (κ3) is 2.73. The van der Waals surface area contributed by atoms with Crippen molar-refractivity contribution >= 4 is 11.8 Å². The molecule has 0 atom stereocenters. The van der Waals surface area contributed by atoms with Crippen molar-refractivity contribution in [3.8, 4) is 0 Å². The molecule has 0 spiro atoms. The van der Waals surface area contributed by atoms with Crippen LogP contribution in [0.5, 0.6) is 0 Å². The Balaban J connectivity index is 2.14. The fourth-order valence-electron chi connectivity index (χ4n) is 1.95. The van der Waals surface area contributed by atoms with Crippen molar-refractivity contribution in [1.29, 1.82) is 0 Å². The predicted molar refractivity (Wildman–Crippen MR) is 63.0 cm³/mol. The van der Waals surface area contributed by atoms with Crippen LogP contribution < -0.4 is 0 Å². The van der Waals surface area contributed by atoms with Crippen molar-refractivity contribution in [2.45, 2.75) is 49.5 Å². The lowest BCUT2D eigenvalue weighted by Crippen LogP contribution is -1.99. The summed E-state index contributed by atoms with van der Waals surface area (Å²) in [6.45, 7) is 2.10. The van der Waals surface area contributed by atoms with Gasteiger partial charge in [-0.25, -0.2) is 4.98 Å². The van der Waals surface area contributed by atoms with Gasteiger partial charge in [-0.1, -0.05) is 18.9 Å². The molecule has 2 nitrogen and oxygen atoms in total. The zero-order valence-corrected chi connectivity index (χ0v) is 9.89. The second-order valence-corrected chi connectivity index (χ2v) is 5.39. The van der Waals surface area contributed by atoms with Crippen LogP contribution in [0.2, 0.25) is 0 Å². The van der Waals surface area contributed by atoms with Crippen LogP contribution in [-0.4, -0.2) is 15.3 Å². The van der Waals surface area contributed by atoms with Gasteiger partial charge in [-0.3, -0.25) is 0 Å². The molecule has 1 N–H and O–H groups in total. The molecule has 1 aromatic rings. The quantitative estimate of drug-likeness (QED) is 0.855. The average molecular weight is 223 g/mol. The maximum absolute atomic E-state index is 9.23. The standard InChI is InChI=1S/C12H17NOS/c1-9-6-7-10(8-14)12(13-9)15-11-4-2-3-5-11/h6-7,11,14H,2-5,8H2,1H3. The van der Waals surface area contributed by atoms with Gasteiger partial charge >= 0.3 is 0 Å². The van der Waals surface area contributed by atoms with Crippen molar-refractivity contribution in [3.63, 3.8) is 0 Å². The molecule has 1 aromatic heterocycles. The molecule has 1 aliphatic carbocycles. The molecule has 0 amide bonds. The van der Waals surface area contributed by atoms with Crippen LogP contribution in [0, 0.1) is 6.92 Å². The van der Waals surface area contributed by atoms with E-state index in [0.29, 0.717) is 5.25 Å². The summed E-state index contributed by atoms with van der Waals surface area (Å²) in [4.78, 5) is 4.51. The van der Waals surface area contributed by atoms with E-state index in [1.54, 1.807) is 0 Å². The van der Waals surface area contributed by atoms with Gasteiger partial charge in [0.1, 0.15) is 5.03 Å². The summed E-state index contributed by atoms with van der Waals surface area (Å²) in [5, 5.41) is 11.0. The van der Waals surface area contributed by atoms with Crippen LogP contribution >= 0.6 is 11.8 Å². The van der Waals surface area contributed by atoms with Gasteiger partial charge in [-0.2, -0.15) is 0 Å². The largest absolute Gasteiger partial charge is 0.392 e. The number of rotatable bonds is 3. The minimum Gasteiger partial charge on any atom is -0.392 e. The lowest BCUT2D eigenvalue weighted by atomic mass is 10.3. The van der Waals surface area contributed by atoms with Gasteiger partial charge in [0, 0.05) is 16.5 Å². The van der Waals surface area contributed by atoms with E-state index in [9.17, 15) is 5.11 Å². The third-order valence-electron chi connectivity index (χ3n) is 2.83. The summed E-state index contributed by atoms with van der Waals surface area (Å²) in [6.07, 6.45) is 5.28. The van der Waals surface area contributed by atoms with Crippen LogP contribution in [0.25, 0.3) is 0 Å². The SMILES string of the molecule is Cc1ccc(CO)c(SC2CCCC2)n1. The van der Waals surface area contributed by atoms with Gasteiger partial charge in [0.15, 0.2) is 0 Å². The molecule has 0 aliphatic heterocycles. The third-order valence-corrected chi connectivity index (χ3v) is 4.21. The highest BCUT2D eigenvalue weighted by molar-refractivity contribution is 7.99. The van der Waals surface area contributed by atoms with Crippen LogP contribution in [0.15, 0.2) is 17.2 Å². The maximum Gasteiger partial charge on any atom is 0.102 e. The Morgan fingerprint density at radius 3 is 2.80 bits per heavy atom. The zero-order valence-electron chi connectivity index (χ0n) is 9.07. The number of aliphatic hydroxyl groups excluding tert-OH is 1. The summed E-state index contributed by atoms with van der Waals surface area (Å²) in [5.74, 6) is 0. The molecule has 0 aromatic carbocycles. The van der Waals surface area contributed by atoms with Crippen LogP contribution in [0.1, 0.15) is 36.9 Å². The Morgan fingerprint density at radius 2 is 2.13 bits per heavy atom. The molecule has 82 valence electrons. The minimum atomic E-state index is 0.0995. The second kappa shape index (κ2) is 4.99. The van der Waals surface area contributed by atoms with E-state index in [-0.39, 0.29) is 6.61 Å². The Bertz CT molecular complexity index is 334. The van der Waals surface area contributed by atoms with Crippen LogP contribution in [0.3, 0.4) is 0 Å². The average Bonchev–Trinajstić information content (AvgIpc) is 2.71. The molecule has 0 bridgehead atoms. The normalized spacial score (nSPS) is 17.2. The number of aliphatic hydroxyl groups is 1. The van der Waals surface area contributed by atoms with Crippen molar-refractivity contribution in [2.75, 3.05) is 0 Å². The first-order chi connectivity index (χ1) is 7.29. The highest BCUT2D eigenvalue weighted by Gasteiger charge is 2.18. The monoisotopic (exact) mass is 223 g/mol. The summed E-state index contributed by atoms with van der Waals surface area (Å²) >= 11 is 1.85. The minimum absolute atomic E-state index is 0.0995. The van der Waals surface area contributed by atoms with E-state index in [1.807, 2.05) is 30.8 Å². The number of thioether (sulfide) groups is 1. The zero-order chi connectivity index (χ0) is 10.7. The summed E-state index contributed by atoms with van der Waals surface area (Å²) in [6, 6.07) is 3.95. The Hall–Kier alpha value is -0.540. The van der Waals surface area contributed by atoms with E-state index in [2.05, 4.69) is 4.98 Å². The summed E-state index contributed by atoms with van der Waals surface area (Å²) in [5.41, 5.74) is 2.00. The smallest absolute Gasteiger partial charge is 0.102 e. The van der Waals surface area contributed by atoms with E-state index < -0.39 is 0 Å². The maximum atomic E-state index is 9.23. The van der Waals surface area contributed by atoms with Crippen molar-refractivity contribution in [3.05, 3.63) is 23.4 Å². The molecule has 15 heavy (non-hydrogen) atoms. The molecule has 3 heteroatoms. The number of aryl methyl sites for hydroxylation is 1. The van der Waals surface area contributed by atoms with Crippen LogP contribution in [0.4, 0.5) is 0 Å². The van der Waals surface area contributed by atoms with Gasteiger partial charge in [-0.05, 0) is 25.8 Å². The molecule has 0 unspecified atom stereocenters. The number of aromatic nitrogens is 1. The highest BCUT2D eigenvalue weighted by Crippen LogP contribution is 2.35. The van der Waals surface area contributed by atoms with Crippen molar-refractivity contribution < 1.29 is 5.11 Å². The fourth-order valence-corrected chi connectivity index (χ4v) is 3.31. The van der Waals surface area contributed by atoms with E-state index >= 15 is 0 Å². The number of nitrogens with zero attached hydrogens (tertiary/aromatic N) is 1. The first kappa shape index (κ1) is 11.0. The Morgan fingerprint density at radius 1 is 1.40 bits per heavy atom. The lowest BCUT2D eigenvalue weighted by molar-refractivity contribution is 0.278. The molecular formula is C12H17NOS. The molecule has 1 saturated carbocycles. The van der Waals surface area contributed by atoms with Gasteiger partial charge in [0.2, 0.25) is 0 Å². The molecule has 0 radical (unpaired) electrons. The summed E-state index contributed by atoms with van der Waals surface area (Å²) < 4.78 is 0. The number of pyridine rings is 1. The Kier molecular flexibility index (Phi) is 3.65. The first-order valence-corrected chi connectivity index (χ1v) is 6.41. The predicted octanol–water partition coefficient (Wildman–Crippen LogP) is 2.92. The summed E-state index contributed by atoms with van der Waals surface area (Å²) in [7, 11) is 0. The molecule has 1 fully saturated rings. The molecule has 1 aliphatic rings. The van der Waals surface area contributed by atoms with Gasteiger partial charge in [0.05, 0.1) is 6.61 Å². The molecular weight excluding hydrogens is 206 g/mol. The first-order valence-electron chi connectivity index (χ1n) is 5.53. The lowest BCUT2D eigenvalue weighted by Gasteiger charge is -2.11. The highest BCUT2D eigenvalue weighted by atomic mass is 32.2. The topological polar surface area (TPSA) is 33.1 Å². The van der Waals surface area contributed by atoms with Crippen molar-refractivity contribution in [2.24, 2.45) is 0 Å². The Labute approximate surface area is 95.1 Å². The number of hydrogen-bond donors (Lipinski definition) is 1. The van der Waals surface area contributed by atoms with Crippen LogP contribution in [-0.2, 0) is 6.61 Å². The fraction of sp³-hybridized carbons (Fsp3) is 0.583. The van der Waals surface area contributed by atoms with E-state index in [0.717, 1.165) is 16.3 Å². The van der Waals surface area contributed by atoms with Gasteiger partial charge < -0.3 is 5.11 Å².